The number of nitrogens with one attached hydrogen (secondary N) is 3. The number of rotatable bonds is 7. The Bertz CT molecular complexity index is 834. The van der Waals surface area contributed by atoms with Gasteiger partial charge in [0, 0.05) is 29.8 Å². The second kappa shape index (κ2) is 9.58. The van der Waals surface area contributed by atoms with Gasteiger partial charge in [-0.15, -0.1) is 0 Å². The lowest BCUT2D eigenvalue weighted by molar-refractivity contribution is -0.126. The molecule has 0 saturated heterocycles. The molecule has 1 heterocycles. The monoisotopic (exact) mass is 398 g/mol. The van der Waals surface area contributed by atoms with Crippen LogP contribution in [0.25, 0.3) is 0 Å². The smallest absolute Gasteiger partial charge is 0.224 e. The van der Waals surface area contributed by atoms with Gasteiger partial charge in [0.25, 0.3) is 0 Å². The Balaban J connectivity index is 1.41. The van der Waals surface area contributed by atoms with Crippen molar-refractivity contribution in [2.45, 2.75) is 58.5 Å². The highest BCUT2D eigenvalue weighted by molar-refractivity contribution is 5.80. The van der Waals surface area contributed by atoms with Crippen molar-refractivity contribution in [3.05, 3.63) is 46.8 Å². The van der Waals surface area contributed by atoms with E-state index in [0.717, 1.165) is 53.9 Å². The van der Waals surface area contributed by atoms with Crippen LogP contribution >= 0.6 is 0 Å². The number of hydrogen-bond acceptors (Lipinski definition) is 4. The normalized spacial score (nSPS) is 18.9. The summed E-state index contributed by atoms with van der Waals surface area (Å²) in [7, 11) is 1.62. The third-order valence-electron chi connectivity index (χ3n) is 5.68. The Hall–Kier alpha value is -2.83. The quantitative estimate of drug-likeness (QED) is 0.668. The average Bonchev–Trinajstić information content (AvgIpc) is 3.04. The fourth-order valence-corrected chi connectivity index (χ4v) is 3.90. The Kier molecular flexibility index (Phi) is 6.90. The lowest BCUT2D eigenvalue weighted by Gasteiger charge is -2.28. The SMILES string of the molecule is COc1cccc(CC(=O)NC2CCC(C(=O)NCc3c(C)n[nH]c3C)CC2)c1. The van der Waals surface area contributed by atoms with Gasteiger partial charge >= 0.3 is 0 Å². The molecule has 1 fully saturated rings. The van der Waals surface area contributed by atoms with E-state index in [9.17, 15) is 9.59 Å². The lowest BCUT2D eigenvalue weighted by atomic mass is 9.85. The number of nitrogens with zero attached hydrogens (tertiary/aromatic N) is 1. The van der Waals surface area contributed by atoms with Gasteiger partial charge in [-0.25, -0.2) is 0 Å². The molecule has 1 aliphatic rings. The van der Waals surface area contributed by atoms with Crippen LogP contribution in [-0.2, 0) is 22.6 Å². The summed E-state index contributed by atoms with van der Waals surface area (Å²) < 4.78 is 5.20. The third kappa shape index (κ3) is 5.59. The maximum atomic E-state index is 12.5. The summed E-state index contributed by atoms with van der Waals surface area (Å²) >= 11 is 0. The molecule has 156 valence electrons. The van der Waals surface area contributed by atoms with Gasteiger partial charge in [-0.05, 0) is 57.2 Å². The fraction of sp³-hybridized carbons (Fsp3) is 0.500. The molecule has 7 heteroatoms. The van der Waals surface area contributed by atoms with E-state index < -0.39 is 0 Å². The maximum Gasteiger partial charge on any atom is 0.224 e. The third-order valence-corrected chi connectivity index (χ3v) is 5.68. The summed E-state index contributed by atoms with van der Waals surface area (Å²) in [5, 5.41) is 13.2. The zero-order valence-electron chi connectivity index (χ0n) is 17.4. The molecule has 0 atom stereocenters. The number of carbonyl (C=O) groups excluding carboxylic acids is 2. The van der Waals surface area contributed by atoms with Crippen LogP contribution in [-0.4, -0.2) is 35.2 Å². The minimum Gasteiger partial charge on any atom is -0.497 e. The largest absolute Gasteiger partial charge is 0.497 e. The van der Waals surface area contributed by atoms with Crippen molar-refractivity contribution in [3.8, 4) is 5.75 Å². The number of aryl methyl sites for hydroxylation is 2. The molecule has 0 bridgehead atoms. The van der Waals surface area contributed by atoms with E-state index in [0.29, 0.717) is 13.0 Å². The van der Waals surface area contributed by atoms with Gasteiger partial charge in [-0.3, -0.25) is 14.7 Å². The average molecular weight is 399 g/mol. The molecule has 3 N–H and O–H groups in total. The van der Waals surface area contributed by atoms with Gasteiger partial charge in [-0.1, -0.05) is 12.1 Å². The highest BCUT2D eigenvalue weighted by atomic mass is 16.5. The van der Waals surface area contributed by atoms with Crippen molar-refractivity contribution in [3.63, 3.8) is 0 Å². The Labute approximate surface area is 171 Å². The first-order valence-corrected chi connectivity index (χ1v) is 10.2. The highest BCUT2D eigenvalue weighted by Gasteiger charge is 2.27. The molecule has 1 aromatic heterocycles. The second-order valence-electron chi connectivity index (χ2n) is 7.77. The maximum absolute atomic E-state index is 12.5. The predicted molar refractivity (Wildman–Crippen MR) is 110 cm³/mol. The van der Waals surface area contributed by atoms with E-state index in [4.69, 9.17) is 4.74 Å². The number of methoxy groups -OCH3 is 1. The summed E-state index contributed by atoms with van der Waals surface area (Å²) in [6, 6.07) is 7.69. The van der Waals surface area contributed by atoms with Gasteiger partial charge in [0.2, 0.25) is 11.8 Å². The summed E-state index contributed by atoms with van der Waals surface area (Å²) in [6.45, 7) is 4.40. The molecule has 0 unspecified atom stereocenters. The van der Waals surface area contributed by atoms with Crippen molar-refractivity contribution in [1.29, 1.82) is 0 Å². The van der Waals surface area contributed by atoms with E-state index in [1.54, 1.807) is 7.11 Å². The summed E-state index contributed by atoms with van der Waals surface area (Å²) in [5.41, 5.74) is 3.90. The summed E-state index contributed by atoms with van der Waals surface area (Å²) in [6.07, 6.45) is 3.57. The van der Waals surface area contributed by atoms with E-state index >= 15 is 0 Å². The zero-order chi connectivity index (χ0) is 20.8. The van der Waals surface area contributed by atoms with Crippen LogP contribution in [0.15, 0.2) is 24.3 Å². The van der Waals surface area contributed by atoms with Crippen molar-refractivity contribution in [2.75, 3.05) is 7.11 Å². The van der Waals surface area contributed by atoms with Gasteiger partial charge < -0.3 is 15.4 Å². The molecule has 2 aromatic rings. The van der Waals surface area contributed by atoms with Gasteiger partial charge in [0.1, 0.15) is 5.75 Å². The van der Waals surface area contributed by atoms with E-state index in [2.05, 4.69) is 20.8 Å². The Morgan fingerprint density at radius 3 is 2.62 bits per heavy atom. The first-order valence-electron chi connectivity index (χ1n) is 10.2. The van der Waals surface area contributed by atoms with E-state index in [-0.39, 0.29) is 23.8 Å². The Morgan fingerprint density at radius 1 is 1.21 bits per heavy atom. The van der Waals surface area contributed by atoms with E-state index in [1.807, 2.05) is 38.1 Å². The molecule has 2 amide bonds. The first-order chi connectivity index (χ1) is 14.0. The molecule has 1 saturated carbocycles. The summed E-state index contributed by atoms with van der Waals surface area (Å²) in [5.74, 6) is 0.861. The molecule has 0 aliphatic heterocycles. The molecule has 3 rings (SSSR count). The highest BCUT2D eigenvalue weighted by Crippen LogP contribution is 2.25. The molecule has 1 aliphatic carbocycles. The van der Waals surface area contributed by atoms with Crippen LogP contribution in [0, 0.1) is 19.8 Å². The molecular weight excluding hydrogens is 368 g/mol. The minimum absolute atomic E-state index is 0.00838. The minimum atomic E-state index is 0.00838. The standard InChI is InChI=1S/C22H30N4O3/c1-14-20(15(2)26-25-14)13-23-22(28)17-7-9-18(10-8-17)24-21(27)12-16-5-4-6-19(11-16)29-3/h4-6,11,17-18H,7-10,12-13H2,1-3H3,(H,23,28)(H,24,27)(H,25,26). The lowest BCUT2D eigenvalue weighted by Crippen LogP contribution is -2.41. The van der Waals surface area contributed by atoms with Crippen LogP contribution in [0.5, 0.6) is 5.75 Å². The van der Waals surface area contributed by atoms with Crippen molar-refractivity contribution in [2.24, 2.45) is 5.92 Å². The van der Waals surface area contributed by atoms with Crippen LogP contribution in [0.3, 0.4) is 0 Å². The van der Waals surface area contributed by atoms with Crippen LogP contribution in [0.1, 0.15) is 48.2 Å². The molecule has 0 spiro atoms. The van der Waals surface area contributed by atoms with Crippen LogP contribution in [0.2, 0.25) is 0 Å². The number of hydrogen-bond donors (Lipinski definition) is 3. The number of carbonyl (C=O) groups is 2. The fourth-order valence-electron chi connectivity index (χ4n) is 3.90. The Morgan fingerprint density at radius 2 is 1.97 bits per heavy atom. The number of ether oxygens (including phenoxy) is 1. The van der Waals surface area contributed by atoms with Gasteiger partial charge in [0.05, 0.1) is 19.2 Å². The van der Waals surface area contributed by atoms with Crippen LogP contribution < -0.4 is 15.4 Å². The van der Waals surface area contributed by atoms with Crippen molar-refractivity contribution >= 4 is 11.8 Å². The number of aromatic amines is 1. The molecule has 1 aromatic carbocycles. The molecule has 29 heavy (non-hydrogen) atoms. The number of amides is 2. The zero-order valence-corrected chi connectivity index (χ0v) is 17.4. The van der Waals surface area contributed by atoms with Gasteiger partial charge in [0.15, 0.2) is 0 Å². The topological polar surface area (TPSA) is 96.1 Å². The van der Waals surface area contributed by atoms with Crippen molar-refractivity contribution < 1.29 is 14.3 Å². The first kappa shape index (κ1) is 20.9. The number of H-pyrrole nitrogens is 1. The van der Waals surface area contributed by atoms with Crippen LogP contribution in [0.4, 0.5) is 0 Å². The number of benzene rings is 1. The molecule has 7 nitrogen and oxygen atoms in total. The predicted octanol–water partition coefficient (Wildman–Crippen LogP) is 2.57. The van der Waals surface area contributed by atoms with Gasteiger partial charge in [-0.2, -0.15) is 5.10 Å². The summed E-state index contributed by atoms with van der Waals surface area (Å²) in [4.78, 5) is 24.9. The number of aromatic nitrogens is 2. The van der Waals surface area contributed by atoms with Crippen molar-refractivity contribution in [1.82, 2.24) is 20.8 Å². The second-order valence-corrected chi connectivity index (χ2v) is 7.77. The van der Waals surface area contributed by atoms with E-state index in [1.165, 1.54) is 0 Å². The molecule has 0 radical (unpaired) electrons. The molecular formula is C22H30N4O3.